The van der Waals surface area contributed by atoms with Gasteiger partial charge in [-0.2, -0.15) is 0 Å². The van der Waals surface area contributed by atoms with Crippen molar-refractivity contribution in [2.45, 2.75) is 26.3 Å². The van der Waals surface area contributed by atoms with Crippen LogP contribution in [0.15, 0.2) is 35.7 Å². The SMILES string of the molecule is CC(C)c1ccc(C[NH+](C)CC(=O)Nc2sccc2C(N)=O)cc1. The lowest BCUT2D eigenvalue weighted by molar-refractivity contribution is -0.885. The van der Waals surface area contributed by atoms with Crippen LogP contribution in [0.25, 0.3) is 0 Å². The number of anilines is 1. The number of carbonyl (C=O) groups is 2. The van der Waals surface area contributed by atoms with Crippen LogP contribution in [0.4, 0.5) is 5.00 Å². The van der Waals surface area contributed by atoms with Crippen molar-refractivity contribution in [3.8, 4) is 0 Å². The average Bonchev–Trinajstić information content (AvgIpc) is 2.95. The highest BCUT2D eigenvalue weighted by Crippen LogP contribution is 2.22. The molecule has 1 unspecified atom stereocenters. The van der Waals surface area contributed by atoms with Crippen LogP contribution in [0.5, 0.6) is 0 Å². The summed E-state index contributed by atoms with van der Waals surface area (Å²) in [6, 6.07) is 10.1. The summed E-state index contributed by atoms with van der Waals surface area (Å²) in [5, 5.41) is 5.02. The summed E-state index contributed by atoms with van der Waals surface area (Å²) in [4.78, 5) is 24.5. The number of amides is 2. The molecule has 0 saturated heterocycles. The van der Waals surface area contributed by atoms with Gasteiger partial charge in [0.25, 0.3) is 11.8 Å². The molecule has 0 saturated carbocycles. The molecule has 0 aliphatic heterocycles. The third kappa shape index (κ3) is 4.91. The lowest BCUT2D eigenvalue weighted by Crippen LogP contribution is -3.08. The third-order valence-corrected chi connectivity index (χ3v) is 4.63. The molecule has 1 aromatic carbocycles. The molecule has 2 rings (SSSR count). The highest BCUT2D eigenvalue weighted by Gasteiger charge is 2.15. The van der Waals surface area contributed by atoms with Gasteiger partial charge in [0, 0.05) is 5.56 Å². The lowest BCUT2D eigenvalue weighted by Gasteiger charge is -2.14. The van der Waals surface area contributed by atoms with Crippen molar-refractivity contribution in [2.75, 3.05) is 18.9 Å². The summed E-state index contributed by atoms with van der Waals surface area (Å²) in [6.45, 7) is 5.42. The zero-order valence-electron chi connectivity index (χ0n) is 14.3. The van der Waals surface area contributed by atoms with Crippen molar-refractivity contribution in [3.05, 3.63) is 52.4 Å². The Kier molecular flexibility index (Phi) is 6.11. The van der Waals surface area contributed by atoms with Crippen LogP contribution in [0.2, 0.25) is 0 Å². The van der Waals surface area contributed by atoms with Gasteiger partial charge in [0.1, 0.15) is 11.5 Å². The predicted octanol–water partition coefficient (Wildman–Crippen LogP) is 1.62. The fraction of sp³-hybridized carbons (Fsp3) is 0.333. The fourth-order valence-corrected chi connectivity index (χ4v) is 3.28. The second kappa shape index (κ2) is 8.08. The number of primary amides is 1. The number of carbonyl (C=O) groups excluding carboxylic acids is 2. The van der Waals surface area contributed by atoms with E-state index in [-0.39, 0.29) is 5.91 Å². The Bertz CT molecular complexity index is 707. The summed E-state index contributed by atoms with van der Waals surface area (Å²) in [6.07, 6.45) is 0. The topological polar surface area (TPSA) is 76.6 Å². The van der Waals surface area contributed by atoms with E-state index >= 15 is 0 Å². The molecule has 1 heterocycles. The van der Waals surface area contributed by atoms with Crippen molar-refractivity contribution < 1.29 is 14.5 Å². The molecule has 0 aliphatic rings. The van der Waals surface area contributed by atoms with E-state index in [9.17, 15) is 9.59 Å². The largest absolute Gasteiger partial charge is 0.366 e. The molecule has 0 radical (unpaired) electrons. The fourth-order valence-electron chi connectivity index (χ4n) is 2.48. The van der Waals surface area contributed by atoms with Gasteiger partial charge in [-0.25, -0.2) is 0 Å². The van der Waals surface area contributed by atoms with Crippen LogP contribution >= 0.6 is 11.3 Å². The molecule has 5 nitrogen and oxygen atoms in total. The number of hydrogen-bond acceptors (Lipinski definition) is 3. The Morgan fingerprint density at radius 2 is 1.88 bits per heavy atom. The normalized spacial score (nSPS) is 12.2. The summed E-state index contributed by atoms with van der Waals surface area (Å²) < 4.78 is 0. The van der Waals surface area contributed by atoms with Gasteiger partial charge < -0.3 is 16.0 Å². The van der Waals surface area contributed by atoms with Crippen molar-refractivity contribution in [1.82, 2.24) is 0 Å². The van der Waals surface area contributed by atoms with Crippen molar-refractivity contribution in [2.24, 2.45) is 5.73 Å². The van der Waals surface area contributed by atoms with E-state index in [1.165, 1.54) is 22.5 Å². The Morgan fingerprint density at radius 3 is 2.46 bits per heavy atom. The van der Waals surface area contributed by atoms with E-state index in [2.05, 4.69) is 43.4 Å². The van der Waals surface area contributed by atoms with E-state index in [0.717, 1.165) is 11.4 Å². The molecule has 6 heteroatoms. The molecule has 0 fully saturated rings. The van der Waals surface area contributed by atoms with E-state index in [1.807, 2.05) is 7.05 Å². The first-order valence-corrected chi connectivity index (χ1v) is 8.82. The number of nitrogens with one attached hydrogen (secondary N) is 2. The minimum absolute atomic E-state index is 0.128. The molecule has 0 spiro atoms. The maximum atomic E-state index is 12.2. The van der Waals surface area contributed by atoms with E-state index in [1.54, 1.807) is 11.4 Å². The number of nitrogens with two attached hydrogens (primary N) is 1. The molecule has 24 heavy (non-hydrogen) atoms. The van der Waals surface area contributed by atoms with Gasteiger partial charge in [-0.05, 0) is 22.9 Å². The lowest BCUT2D eigenvalue weighted by atomic mass is 10.0. The molecule has 1 aromatic heterocycles. The minimum atomic E-state index is -0.530. The highest BCUT2D eigenvalue weighted by molar-refractivity contribution is 7.14. The first kappa shape index (κ1) is 18.2. The van der Waals surface area contributed by atoms with Crippen LogP contribution < -0.4 is 16.0 Å². The van der Waals surface area contributed by atoms with Gasteiger partial charge in [0.05, 0.1) is 12.6 Å². The standard InChI is InChI=1S/C18H23N3O2S/c1-12(2)14-6-4-13(5-7-14)10-21(3)11-16(22)20-18-15(17(19)23)8-9-24-18/h4-9,12H,10-11H2,1-3H3,(H2,19,23)(H,20,22)/p+1. The molecule has 128 valence electrons. The zero-order chi connectivity index (χ0) is 17.7. The van der Waals surface area contributed by atoms with Gasteiger partial charge in [-0.15, -0.1) is 11.3 Å². The van der Waals surface area contributed by atoms with Crippen LogP contribution in [0.1, 0.15) is 41.3 Å². The van der Waals surface area contributed by atoms with Crippen molar-refractivity contribution in [1.29, 1.82) is 0 Å². The van der Waals surface area contributed by atoms with Gasteiger partial charge in [-0.3, -0.25) is 9.59 Å². The van der Waals surface area contributed by atoms with E-state index in [0.29, 0.717) is 23.0 Å². The summed E-state index contributed by atoms with van der Waals surface area (Å²) in [5.41, 5.74) is 8.14. The third-order valence-electron chi connectivity index (χ3n) is 3.80. The smallest absolute Gasteiger partial charge is 0.280 e. The molecule has 0 bridgehead atoms. The molecular weight excluding hydrogens is 322 g/mol. The number of hydrogen-bond donors (Lipinski definition) is 3. The van der Waals surface area contributed by atoms with E-state index in [4.69, 9.17) is 5.73 Å². The highest BCUT2D eigenvalue weighted by atomic mass is 32.1. The van der Waals surface area contributed by atoms with E-state index < -0.39 is 5.91 Å². The molecule has 1 atom stereocenters. The number of quaternary nitrogens is 1. The average molecular weight is 346 g/mol. The van der Waals surface area contributed by atoms with Gasteiger partial charge in [0.15, 0.2) is 6.54 Å². The minimum Gasteiger partial charge on any atom is -0.366 e. The van der Waals surface area contributed by atoms with Gasteiger partial charge in [0.2, 0.25) is 0 Å². The molecule has 4 N–H and O–H groups in total. The quantitative estimate of drug-likeness (QED) is 0.712. The van der Waals surface area contributed by atoms with Crippen LogP contribution in [0, 0.1) is 0 Å². The maximum absolute atomic E-state index is 12.2. The zero-order valence-corrected chi connectivity index (χ0v) is 15.1. The number of likely N-dealkylation sites (N-methyl/N-ethyl adjacent to an activating group) is 1. The Balaban J connectivity index is 1.89. The molecule has 2 amide bonds. The predicted molar refractivity (Wildman–Crippen MR) is 97.5 cm³/mol. The number of benzene rings is 1. The van der Waals surface area contributed by atoms with Gasteiger partial charge in [-0.1, -0.05) is 38.1 Å². The monoisotopic (exact) mass is 346 g/mol. The second-order valence-electron chi connectivity index (χ2n) is 6.28. The summed E-state index contributed by atoms with van der Waals surface area (Å²) >= 11 is 1.30. The van der Waals surface area contributed by atoms with Crippen LogP contribution in [0.3, 0.4) is 0 Å². The summed E-state index contributed by atoms with van der Waals surface area (Å²) in [7, 11) is 1.97. The van der Waals surface area contributed by atoms with Gasteiger partial charge >= 0.3 is 0 Å². The number of rotatable bonds is 7. The van der Waals surface area contributed by atoms with Crippen molar-refractivity contribution >= 4 is 28.2 Å². The first-order chi connectivity index (χ1) is 11.4. The second-order valence-corrected chi connectivity index (χ2v) is 7.20. The summed E-state index contributed by atoms with van der Waals surface area (Å²) in [5.74, 6) is -0.145. The van der Waals surface area contributed by atoms with Crippen molar-refractivity contribution in [3.63, 3.8) is 0 Å². The Hall–Kier alpha value is -2.18. The number of thiophene rings is 1. The molecule has 0 aliphatic carbocycles. The Labute approximate surface area is 146 Å². The Morgan fingerprint density at radius 1 is 1.21 bits per heavy atom. The molecule has 2 aromatic rings. The first-order valence-electron chi connectivity index (χ1n) is 7.94. The maximum Gasteiger partial charge on any atom is 0.280 e. The van der Waals surface area contributed by atoms with Crippen LogP contribution in [-0.4, -0.2) is 25.4 Å². The molecular formula is C18H24N3O2S+. The van der Waals surface area contributed by atoms with Crippen LogP contribution in [-0.2, 0) is 11.3 Å².